The first-order valence-electron chi connectivity index (χ1n) is 8.86. The van der Waals surface area contributed by atoms with Crippen molar-refractivity contribution in [1.29, 1.82) is 0 Å². The molecule has 132 valence electrons. The molecule has 0 amide bonds. The maximum Gasteiger partial charge on any atom is 0.314 e. The van der Waals surface area contributed by atoms with Gasteiger partial charge in [0.1, 0.15) is 6.42 Å². The molecule has 0 bridgehead atoms. The van der Waals surface area contributed by atoms with Crippen LogP contribution in [0.4, 0.5) is 0 Å². The number of hydrogen-bond acceptors (Lipinski definition) is 2. The average molecular weight is 324 g/mol. The third-order valence-electron chi connectivity index (χ3n) is 3.79. The topological polar surface area (TPSA) is 93.9 Å². The molecule has 0 radical (unpaired) electrons. The molecule has 0 rings (SSSR count). The number of carbonyl (C=O) groups is 1. The van der Waals surface area contributed by atoms with Crippen molar-refractivity contribution in [1.82, 2.24) is 0 Å². The second-order valence-electron chi connectivity index (χ2n) is 6.03. The molecule has 1 atom stereocenters. The van der Waals surface area contributed by atoms with Crippen LogP contribution in [0.1, 0.15) is 84.0 Å². The minimum absolute atomic E-state index is 0.205. The molecule has 0 spiro atoms. The van der Waals surface area contributed by atoms with Crippen LogP contribution in [0.2, 0.25) is 0 Å². The molecule has 0 fully saturated rings. The largest absolute Gasteiger partial charge is 0.481 e. The Morgan fingerprint density at radius 3 is 2.48 bits per heavy atom. The number of nitrogens with zero attached hydrogens (tertiary/aromatic N) is 2. The Morgan fingerprint density at radius 1 is 1.13 bits per heavy atom. The predicted octanol–water partition coefficient (Wildman–Crippen LogP) is 4.36. The number of rotatable bonds is 15. The van der Waals surface area contributed by atoms with Crippen LogP contribution in [0, 0.1) is 0 Å². The van der Waals surface area contributed by atoms with E-state index in [1.54, 1.807) is 0 Å². The van der Waals surface area contributed by atoms with Crippen LogP contribution in [-0.2, 0) is 4.79 Å². The highest BCUT2D eigenvalue weighted by atomic mass is 16.4. The number of hydrogen-bond donors (Lipinski definition) is 2. The standard InChI is InChI=1S/C18H32N2O3/c1-2-3-4-5-6-10-13-17(21)14-11-8-7-9-12-16(20-19)15-18(22)23/h11,14,17,21H,2-10,12-13,15H2,1H3,(H,22,23)/b14-11+/t17-/m1/s1. The normalized spacial score (nSPS) is 12.3. The Kier molecular flexibility index (Phi) is 14.5. The number of aliphatic hydroxyl groups excluding tert-OH is 1. The molecule has 0 saturated carbocycles. The van der Waals surface area contributed by atoms with Crippen LogP contribution < -0.4 is 0 Å². The quantitative estimate of drug-likeness (QED) is 0.154. The Bertz CT molecular complexity index is 388. The van der Waals surface area contributed by atoms with Gasteiger partial charge in [0.2, 0.25) is 0 Å². The molecule has 0 aliphatic heterocycles. The van der Waals surface area contributed by atoms with Crippen molar-refractivity contribution in [2.75, 3.05) is 0 Å². The summed E-state index contributed by atoms with van der Waals surface area (Å²) in [6, 6.07) is 0. The predicted molar refractivity (Wildman–Crippen MR) is 92.5 cm³/mol. The lowest BCUT2D eigenvalue weighted by atomic mass is 10.1. The first-order chi connectivity index (χ1) is 11.1. The van der Waals surface area contributed by atoms with Gasteiger partial charge in [0.25, 0.3) is 5.71 Å². The summed E-state index contributed by atoms with van der Waals surface area (Å²) in [6.07, 6.45) is 14.5. The lowest BCUT2D eigenvalue weighted by Gasteiger charge is -2.05. The molecule has 23 heavy (non-hydrogen) atoms. The van der Waals surface area contributed by atoms with E-state index < -0.39 is 5.97 Å². The number of aliphatic carboxylic acids is 1. The average Bonchev–Trinajstić information content (AvgIpc) is 2.52. The minimum atomic E-state index is -0.976. The van der Waals surface area contributed by atoms with E-state index in [1.807, 2.05) is 12.2 Å². The van der Waals surface area contributed by atoms with E-state index in [2.05, 4.69) is 11.7 Å². The van der Waals surface area contributed by atoms with Gasteiger partial charge in [0, 0.05) is 6.42 Å². The molecule has 5 heteroatoms. The molecular formula is C18H32N2O3. The number of allylic oxidation sites excluding steroid dienone is 1. The highest BCUT2D eigenvalue weighted by molar-refractivity contribution is 5.94. The fourth-order valence-corrected chi connectivity index (χ4v) is 2.42. The van der Waals surface area contributed by atoms with Gasteiger partial charge in [-0.3, -0.25) is 4.79 Å². The second-order valence-corrected chi connectivity index (χ2v) is 6.03. The summed E-state index contributed by atoms with van der Waals surface area (Å²) < 4.78 is 0. The number of carboxylic acids is 1. The Labute approximate surface area is 140 Å². The van der Waals surface area contributed by atoms with Crippen LogP contribution in [0.15, 0.2) is 12.2 Å². The lowest BCUT2D eigenvalue weighted by Crippen LogP contribution is -2.07. The zero-order valence-electron chi connectivity index (χ0n) is 14.4. The smallest absolute Gasteiger partial charge is 0.314 e. The molecule has 0 aromatic heterocycles. The van der Waals surface area contributed by atoms with Crippen molar-refractivity contribution in [2.45, 2.75) is 90.1 Å². The first-order valence-corrected chi connectivity index (χ1v) is 8.86. The fraction of sp³-hybridized carbons (Fsp3) is 0.778. The van der Waals surface area contributed by atoms with E-state index >= 15 is 0 Å². The second kappa shape index (κ2) is 15.4. The maximum atomic E-state index is 10.5. The highest BCUT2D eigenvalue weighted by Crippen LogP contribution is 2.10. The van der Waals surface area contributed by atoms with Crippen molar-refractivity contribution in [2.24, 2.45) is 0 Å². The van der Waals surface area contributed by atoms with Gasteiger partial charge in [-0.25, -0.2) is 0 Å². The zero-order chi connectivity index (χ0) is 17.3. The van der Waals surface area contributed by atoms with E-state index in [0.29, 0.717) is 12.1 Å². The molecule has 0 heterocycles. The van der Waals surface area contributed by atoms with Gasteiger partial charge in [-0.2, -0.15) is 4.79 Å². The Hall–Kier alpha value is -1.45. The maximum absolute atomic E-state index is 10.5. The zero-order valence-corrected chi connectivity index (χ0v) is 14.4. The third kappa shape index (κ3) is 15.2. The summed E-state index contributed by atoms with van der Waals surface area (Å²) in [4.78, 5) is 13.5. The highest BCUT2D eigenvalue weighted by Gasteiger charge is 2.12. The molecular weight excluding hydrogens is 292 g/mol. The summed E-state index contributed by atoms with van der Waals surface area (Å²) in [7, 11) is 0. The number of unbranched alkanes of at least 4 members (excludes halogenated alkanes) is 7. The van der Waals surface area contributed by atoms with E-state index in [0.717, 1.165) is 32.1 Å². The molecule has 0 saturated heterocycles. The van der Waals surface area contributed by atoms with E-state index in [4.69, 9.17) is 10.6 Å². The van der Waals surface area contributed by atoms with Crippen LogP contribution in [0.25, 0.3) is 5.53 Å². The monoisotopic (exact) mass is 324 g/mol. The van der Waals surface area contributed by atoms with E-state index in [1.165, 1.54) is 32.1 Å². The van der Waals surface area contributed by atoms with Gasteiger partial charge in [0.15, 0.2) is 0 Å². The van der Waals surface area contributed by atoms with E-state index in [-0.39, 0.29) is 12.5 Å². The summed E-state index contributed by atoms with van der Waals surface area (Å²) in [5.41, 5.74) is 8.99. The van der Waals surface area contributed by atoms with Crippen LogP contribution in [0.5, 0.6) is 0 Å². The molecule has 0 aromatic carbocycles. The van der Waals surface area contributed by atoms with Crippen LogP contribution in [0.3, 0.4) is 0 Å². The first kappa shape index (κ1) is 21.6. The molecule has 0 aliphatic carbocycles. The van der Waals surface area contributed by atoms with Crippen molar-refractivity contribution < 1.29 is 19.8 Å². The van der Waals surface area contributed by atoms with Crippen LogP contribution in [-0.4, -0.2) is 32.8 Å². The van der Waals surface area contributed by atoms with Gasteiger partial charge in [-0.15, -0.1) is 0 Å². The molecule has 0 aliphatic rings. The summed E-state index contributed by atoms with van der Waals surface area (Å²) in [5.74, 6) is -0.976. The van der Waals surface area contributed by atoms with Crippen LogP contribution >= 0.6 is 0 Å². The van der Waals surface area contributed by atoms with E-state index in [9.17, 15) is 9.90 Å². The summed E-state index contributed by atoms with van der Waals surface area (Å²) in [6.45, 7) is 2.21. The van der Waals surface area contributed by atoms with Gasteiger partial charge < -0.3 is 15.7 Å². The van der Waals surface area contributed by atoms with Crippen molar-refractivity contribution >= 4 is 11.7 Å². The van der Waals surface area contributed by atoms with Gasteiger partial charge in [-0.1, -0.05) is 57.6 Å². The summed E-state index contributed by atoms with van der Waals surface area (Å²) >= 11 is 0. The molecule has 2 N–H and O–H groups in total. The fourth-order valence-electron chi connectivity index (χ4n) is 2.42. The van der Waals surface area contributed by atoms with Crippen molar-refractivity contribution in [3.8, 4) is 0 Å². The molecule has 0 unspecified atom stereocenters. The number of carboxylic acid groups (broad SMARTS) is 1. The molecule has 5 nitrogen and oxygen atoms in total. The third-order valence-corrected chi connectivity index (χ3v) is 3.79. The van der Waals surface area contributed by atoms with Gasteiger partial charge >= 0.3 is 5.97 Å². The van der Waals surface area contributed by atoms with Crippen molar-refractivity contribution in [3.63, 3.8) is 0 Å². The minimum Gasteiger partial charge on any atom is -0.481 e. The summed E-state index contributed by atoms with van der Waals surface area (Å²) in [5, 5.41) is 18.4. The SMILES string of the molecule is CCCCCCCC[C@@H](O)/C=C/CCCCC(CC(=O)O)=[N+]=[N-]. The Balaban J connectivity index is 3.58. The van der Waals surface area contributed by atoms with Gasteiger partial charge in [0.05, 0.1) is 6.10 Å². The lowest BCUT2D eigenvalue weighted by molar-refractivity contribution is -0.136. The van der Waals surface area contributed by atoms with Gasteiger partial charge in [-0.05, 0) is 25.7 Å². The number of aliphatic hydroxyl groups is 1. The Morgan fingerprint density at radius 2 is 1.83 bits per heavy atom. The molecule has 0 aromatic rings. The van der Waals surface area contributed by atoms with Crippen molar-refractivity contribution in [3.05, 3.63) is 17.7 Å².